The number of nitrogens with two attached hydrogens (primary N) is 1. The van der Waals surface area contributed by atoms with Crippen molar-refractivity contribution in [3.05, 3.63) is 59.2 Å². The summed E-state index contributed by atoms with van der Waals surface area (Å²) in [4.78, 5) is 12.1. The molecule has 0 aromatic heterocycles. The average molecular weight is 367 g/mol. The van der Waals surface area contributed by atoms with Gasteiger partial charge >= 0.3 is 5.97 Å². The number of carbonyl (C=O) groups excluding carboxylic acids is 1. The molecule has 1 atom stereocenters. The molecule has 1 heterocycles. The van der Waals surface area contributed by atoms with E-state index < -0.39 is 5.97 Å². The van der Waals surface area contributed by atoms with Gasteiger partial charge in [-0.05, 0) is 60.3 Å². The van der Waals surface area contributed by atoms with Crippen molar-refractivity contribution in [2.45, 2.75) is 25.5 Å². The molecule has 2 aromatic carbocycles. The van der Waals surface area contributed by atoms with Gasteiger partial charge in [-0.2, -0.15) is 0 Å². The highest BCUT2D eigenvalue weighted by molar-refractivity contribution is 5.96. The lowest BCUT2D eigenvalue weighted by Crippen LogP contribution is -2.26. The topological polar surface area (TPSA) is 97.4 Å². The Hall–Kier alpha value is -2.70. The molecule has 0 bridgehead atoms. The lowest BCUT2D eigenvalue weighted by molar-refractivity contribution is 0.0600. The van der Waals surface area contributed by atoms with Crippen LogP contribution in [0.2, 0.25) is 0 Å². The number of nitrogen functional groups attached to an aromatic ring is 1. The molecule has 0 unspecified atom stereocenters. The number of esters is 1. The van der Waals surface area contributed by atoms with Gasteiger partial charge in [-0.3, -0.25) is 5.41 Å². The van der Waals surface area contributed by atoms with E-state index in [4.69, 9.17) is 20.6 Å². The van der Waals surface area contributed by atoms with Gasteiger partial charge in [0.2, 0.25) is 0 Å². The number of methoxy groups -OCH3 is 1. The molecule has 0 amide bonds. The Bertz CT molecular complexity index is 829. The number of hydrogen-bond acceptors (Lipinski definition) is 5. The third kappa shape index (κ3) is 4.93. The fourth-order valence-corrected chi connectivity index (χ4v) is 3.26. The van der Waals surface area contributed by atoms with Gasteiger partial charge in [0.1, 0.15) is 5.84 Å². The molecule has 142 valence electrons. The van der Waals surface area contributed by atoms with Gasteiger partial charge in [-0.25, -0.2) is 4.79 Å². The maximum Gasteiger partial charge on any atom is 0.337 e. The lowest BCUT2D eigenvalue weighted by Gasteiger charge is -2.13. The summed E-state index contributed by atoms with van der Waals surface area (Å²) in [5.74, 6) is -0.383. The zero-order chi connectivity index (χ0) is 19.2. The first-order valence-corrected chi connectivity index (χ1v) is 9.05. The summed E-state index contributed by atoms with van der Waals surface area (Å²) < 4.78 is 10.7. The molecule has 27 heavy (non-hydrogen) atoms. The first-order valence-electron chi connectivity index (χ1n) is 9.05. The Morgan fingerprint density at radius 2 is 2.04 bits per heavy atom. The van der Waals surface area contributed by atoms with Crippen molar-refractivity contribution in [2.24, 2.45) is 5.73 Å². The number of hydrogen-bond donors (Lipinski definition) is 3. The molecule has 1 saturated heterocycles. The minimum Gasteiger partial charge on any atom is -0.465 e. The second-order valence-corrected chi connectivity index (χ2v) is 6.71. The van der Waals surface area contributed by atoms with Crippen LogP contribution in [0.4, 0.5) is 0 Å². The van der Waals surface area contributed by atoms with Crippen molar-refractivity contribution in [1.82, 2.24) is 5.32 Å². The van der Waals surface area contributed by atoms with Gasteiger partial charge in [-0.15, -0.1) is 0 Å². The molecule has 0 saturated carbocycles. The fourth-order valence-electron chi connectivity index (χ4n) is 3.26. The molecule has 1 aliphatic heterocycles. The maximum atomic E-state index is 12.1. The molecule has 0 aliphatic carbocycles. The van der Waals surface area contributed by atoms with E-state index >= 15 is 0 Å². The molecule has 1 aliphatic rings. The highest BCUT2D eigenvalue weighted by atomic mass is 16.5. The van der Waals surface area contributed by atoms with Crippen LogP contribution in [0.25, 0.3) is 11.1 Å². The van der Waals surface area contributed by atoms with Crippen molar-refractivity contribution in [2.75, 3.05) is 20.3 Å². The van der Waals surface area contributed by atoms with Crippen LogP contribution in [0.15, 0.2) is 42.5 Å². The number of rotatable bonds is 7. The Morgan fingerprint density at radius 3 is 2.74 bits per heavy atom. The Balaban J connectivity index is 1.84. The quantitative estimate of drug-likeness (QED) is 0.397. The van der Waals surface area contributed by atoms with Crippen molar-refractivity contribution in [3.8, 4) is 11.1 Å². The van der Waals surface area contributed by atoms with E-state index in [1.165, 1.54) is 13.5 Å². The maximum absolute atomic E-state index is 12.1. The number of carbonyl (C=O) groups is 1. The zero-order valence-electron chi connectivity index (χ0n) is 15.5. The Kier molecular flexibility index (Phi) is 6.21. The molecule has 2 aromatic rings. The first-order chi connectivity index (χ1) is 13.1. The number of amidine groups is 1. The predicted molar refractivity (Wildman–Crippen MR) is 105 cm³/mol. The molecule has 1 fully saturated rings. The van der Waals surface area contributed by atoms with Crippen LogP contribution in [0.1, 0.15) is 34.3 Å². The largest absolute Gasteiger partial charge is 0.465 e. The van der Waals surface area contributed by atoms with Crippen LogP contribution in [0.5, 0.6) is 0 Å². The normalized spacial score (nSPS) is 16.3. The molecule has 6 nitrogen and oxygen atoms in total. The van der Waals surface area contributed by atoms with E-state index in [2.05, 4.69) is 5.32 Å². The SMILES string of the molecule is COC(=O)c1cc(COC[C@H]2CCCN2)cc(-c2cccc(C(=N)N)c2)c1. The van der Waals surface area contributed by atoms with Crippen LogP contribution in [-0.2, 0) is 16.1 Å². The molecular formula is C21H25N3O3. The summed E-state index contributed by atoms with van der Waals surface area (Å²) in [6, 6.07) is 13.4. The van der Waals surface area contributed by atoms with E-state index in [9.17, 15) is 4.79 Å². The van der Waals surface area contributed by atoms with Crippen LogP contribution in [-0.4, -0.2) is 38.1 Å². The second-order valence-electron chi connectivity index (χ2n) is 6.71. The monoisotopic (exact) mass is 367 g/mol. The third-order valence-electron chi connectivity index (χ3n) is 4.67. The minimum atomic E-state index is -0.390. The summed E-state index contributed by atoms with van der Waals surface area (Å²) in [7, 11) is 1.37. The van der Waals surface area contributed by atoms with Crippen molar-refractivity contribution in [3.63, 3.8) is 0 Å². The van der Waals surface area contributed by atoms with Crippen LogP contribution in [0.3, 0.4) is 0 Å². The van der Waals surface area contributed by atoms with E-state index in [0.29, 0.717) is 30.4 Å². The van der Waals surface area contributed by atoms with Gasteiger partial charge in [0.25, 0.3) is 0 Å². The summed E-state index contributed by atoms with van der Waals surface area (Å²) >= 11 is 0. The number of nitrogens with one attached hydrogen (secondary N) is 2. The van der Waals surface area contributed by atoms with Crippen molar-refractivity contribution >= 4 is 11.8 Å². The lowest BCUT2D eigenvalue weighted by atomic mass is 9.98. The van der Waals surface area contributed by atoms with E-state index in [0.717, 1.165) is 29.7 Å². The first kappa shape index (κ1) is 19.1. The molecule has 6 heteroatoms. The van der Waals surface area contributed by atoms with Gasteiger partial charge in [0, 0.05) is 11.6 Å². The van der Waals surface area contributed by atoms with Crippen LogP contribution >= 0.6 is 0 Å². The molecule has 0 radical (unpaired) electrons. The van der Waals surface area contributed by atoms with Crippen molar-refractivity contribution < 1.29 is 14.3 Å². The Morgan fingerprint density at radius 1 is 1.22 bits per heavy atom. The van der Waals surface area contributed by atoms with Gasteiger partial charge < -0.3 is 20.5 Å². The summed E-state index contributed by atoms with van der Waals surface area (Å²) in [6.45, 7) is 2.11. The van der Waals surface area contributed by atoms with E-state index in [1.54, 1.807) is 18.2 Å². The Labute approximate surface area is 159 Å². The summed E-state index contributed by atoms with van der Waals surface area (Å²) in [5, 5.41) is 11.0. The molecular weight excluding hydrogens is 342 g/mol. The average Bonchev–Trinajstić information content (AvgIpc) is 3.20. The van der Waals surface area contributed by atoms with Crippen LogP contribution in [0, 0.1) is 5.41 Å². The third-order valence-corrected chi connectivity index (χ3v) is 4.67. The second kappa shape index (κ2) is 8.79. The molecule has 3 rings (SSSR count). The highest BCUT2D eigenvalue weighted by Gasteiger charge is 2.15. The van der Waals surface area contributed by atoms with Gasteiger partial charge in [0.15, 0.2) is 0 Å². The number of benzene rings is 2. The van der Waals surface area contributed by atoms with Gasteiger partial charge in [0.05, 0.1) is 25.9 Å². The van der Waals surface area contributed by atoms with Crippen molar-refractivity contribution in [1.29, 1.82) is 5.41 Å². The smallest absolute Gasteiger partial charge is 0.337 e. The standard InChI is InChI=1S/C21H25N3O3/c1-26-21(25)18-9-14(12-27-13-19-6-3-7-24-19)8-17(11-18)15-4-2-5-16(10-15)20(22)23/h2,4-5,8-11,19,24H,3,6-7,12-13H2,1H3,(H3,22,23)/t19-/m1/s1. The molecule has 0 spiro atoms. The van der Waals surface area contributed by atoms with Gasteiger partial charge in [-0.1, -0.05) is 18.2 Å². The molecule has 4 N–H and O–H groups in total. The summed E-state index contributed by atoms with van der Waals surface area (Å²) in [6.07, 6.45) is 2.31. The zero-order valence-corrected chi connectivity index (χ0v) is 15.5. The van der Waals surface area contributed by atoms with Crippen LogP contribution < -0.4 is 11.1 Å². The fraction of sp³-hybridized carbons (Fsp3) is 0.333. The summed E-state index contributed by atoms with van der Waals surface area (Å²) in [5.41, 5.74) is 9.36. The number of ether oxygens (including phenoxy) is 2. The predicted octanol–water partition coefficient (Wildman–Crippen LogP) is 2.69. The minimum absolute atomic E-state index is 0.00796. The van der Waals surface area contributed by atoms with E-state index in [1.807, 2.05) is 24.3 Å². The van der Waals surface area contributed by atoms with E-state index in [-0.39, 0.29) is 5.84 Å². The highest BCUT2D eigenvalue weighted by Crippen LogP contribution is 2.24.